The largest absolute Gasteiger partial charge is 0.480 e. The first-order valence-corrected chi connectivity index (χ1v) is 5.05. The van der Waals surface area contributed by atoms with Gasteiger partial charge in [0, 0.05) is 13.0 Å². The van der Waals surface area contributed by atoms with E-state index in [2.05, 4.69) is 5.73 Å². The van der Waals surface area contributed by atoms with Crippen LogP contribution in [0.5, 0.6) is 0 Å². The van der Waals surface area contributed by atoms with Gasteiger partial charge in [0.1, 0.15) is 6.04 Å². The lowest BCUT2D eigenvalue weighted by Crippen LogP contribution is -2.34. The van der Waals surface area contributed by atoms with E-state index in [1.165, 1.54) is 0 Å². The molecule has 18 heavy (non-hydrogen) atoms. The number of rotatable bonds is 3. The molecule has 0 radical (unpaired) electrons. The summed E-state index contributed by atoms with van der Waals surface area (Å²) in [6, 6.07) is -1.16. The minimum absolute atomic E-state index is 0.275. The van der Waals surface area contributed by atoms with E-state index in [0.29, 0.717) is 19.4 Å². The molecule has 1 atom stereocenters. The molecule has 9 nitrogen and oxygen atoms in total. The lowest BCUT2D eigenvalue weighted by molar-refractivity contribution is -0.140. The Morgan fingerprint density at radius 1 is 1.33 bits per heavy atom. The SMILES string of the molecule is NC(=O)CC(N)C(=O)O.O=C(O)N1CCCC1=O. The topological polar surface area (TPSA) is 164 Å². The van der Waals surface area contributed by atoms with Gasteiger partial charge in [-0.15, -0.1) is 0 Å². The van der Waals surface area contributed by atoms with Crippen molar-refractivity contribution in [2.45, 2.75) is 25.3 Å². The minimum Gasteiger partial charge on any atom is -0.480 e. The molecule has 102 valence electrons. The monoisotopic (exact) mass is 261 g/mol. The first-order valence-electron chi connectivity index (χ1n) is 5.05. The summed E-state index contributed by atoms with van der Waals surface area (Å²) < 4.78 is 0. The van der Waals surface area contributed by atoms with Gasteiger partial charge in [0.2, 0.25) is 11.8 Å². The number of carboxylic acid groups (broad SMARTS) is 2. The Morgan fingerprint density at radius 3 is 2.06 bits per heavy atom. The zero-order chi connectivity index (χ0) is 14.3. The average molecular weight is 261 g/mol. The molecule has 0 aromatic heterocycles. The van der Waals surface area contributed by atoms with E-state index in [0.717, 1.165) is 4.90 Å². The van der Waals surface area contributed by atoms with Crippen LogP contribution in [0.3, 0.4) is 0 Å². The lowest BCUT2D eigenvalue weighted by Gasteiger charge is -2.05. The molecule has 1 saturated heterocycles. The number of imide groups is 1. The van der Waals surface area contributed by atoms with Crippen molar-refractivity contribution in [1.82, 2.24) is 4.90 Å². The zero-order valence-electron chi connectivity index (χ0n) is 9.54. The van der Waals surface area contributed by atoms with Gasteiger partial charge in [-0.05, 0) is 6.42 Å². The van der Waals surface area contributed by atoms with Gasteiger partial charge in [-0.2, -0.15) is 0 Å². The average Bonchev–Trinajstić information content (AvgIpc) is 2.64. The van der Waals surface area contributed by atoms with E-state index in [4.69, 9.17) is 15.9 Å². The van der Waals surface area contributed by atoms with Crippen LogP contribution in [0.25, 0.3) is 0 Å². The van der Waals surface area contributed by atoms with Gasteiger partial charge < -0.3 is 21.7 Å². The number of carbonyl (C=O) groups excluding carboxylic acids is 2. The van der Waals surface area contributed by atoms with E-state index in [1.54, 1.807) is 0 Å². The highest BCUT2D eigenvalue weighted by molar-refractivity contribution is 5.92. The number of aliphatic carboxylic acids is 1. The summed E-state index contributed by atoms with van der Waals surface area (Å²) in [5, 5.41) is 16.4. The maximum atomic E-state index is 10.6. The maximum Gasteiger partial charge on any atom is 0.414 e. The van der Waals surface area contributed by atoms with Crippen molar-refractivity contribution >= 4 is 23.9 Å². The van der Waals surface area contributed by atoms with E-state index in [-0.39, 0.29) is 12.3 Å². The summed E-state index contributed by atoms with van der Waals surface area (Å²) in [5.74, 6) is -2.19. The number of nitrogens with zero attached hydrogens (tertiary/aromatic N) is 1. The molecular weight excluding hydrogens is 246 g/mol. The Morgan fingerprint density at radius 2 is 1.89 bits per heavy atom. The molecule has 1 unspecified atom stereocenters. The summed E-state index contributed by atoms with van der Waals surface area (Å²) in [5.41, 5.74) is 9.57. The zero-order valence-corrected chi connectivity index (χ0v) is 9.54. The molecule has 0 aromatic carbocycles. The Labute approximate surface area is 102 Å². The summed E-state index contributed by atoms with van der Waals surface area (Å²) in [6.45, 7) is 0.369. The fourth-order valence-electron chi connectivity index (χ4n) is 1.15. The summed E-state index contributed by atoms with van der Waals surface area (Å²) >= 11 is 0. The second-order valence-corrected chi connectivity index (χ2v) is 3.55. The summed E-state index contributed by atoms with van der Waals surface area (Å²) in [6.07, 6.45) is -0.384. The molecule has 1 aliphatic heterocycles. The van der Waals surface area contributed by atoms with Gasteiger partial charge in [-0.1, -0.05) is 0 Å². The van der Waals surface area contributed by atoms with Crippen LogP contribution in [-0.4, -0.2) is 51.6 Å². The molecule has 0 bridgehead atoms. The van der Waals surface area contributed by atoms with Crippen molar-refractivity contribution in [2.24, 2.45) is 11.5 Å². The second-order valence-electron chi connectivity index (χ2n) is 3.55. The Hall–Kier alpha value is -2.16. The van der Waals surface area contributed by atoms with Crippen LogP contribution >= 0.6 is 0 Å². The highest BCUT2D eigenvalue weighted by atomic mass is 16.4. The van der Waals surface area contributed by atoms with E-state index in [9.17, 15) is 19.2 Å². The fourth-order valence-corrected chi connectivity index (χ4v) is 1.15. The number of hydrogen-bond donors (Lipinski definition) is 4. The van der Waals surface area contributed by atoms with E-state index >= 15 is 0 Å². The predicted octanol–water partition coefficient (Wildman–Crippen LogP) is -1.44. The van der Waals surface area contributed by atoms with E-state index < -0.39 is 24.0 Å². The Kier molecular flexibility index (Phi) is 6.35. The van der Waals surface area contributed by atoms with Crippen LogP contribution in [0.15, 0.2) is 0 Å². The van der Waals surface area contributed by atoms with Gasteiger partial charge in [0.25, 0.3) is 0 Å². The number of likely N-dealkylation sites (tertiary alicyclic amines) is 1. The third-order valence-electron chi connectivity index (χ3n) is 2.04. The fraction of sp³-hybridized carbons (Fsp3) is 0.556. The highest BCUT2D eigenvalue weighted by Crippen LogP contribution is 2.08. The maximum absolute atomic E-state index is 10.6. The molecular formula is C9H15N3O6. The van der Waals surface area contributed by atoms with Crippen molar-refractivity contribution < 1.29 is 29.4 Å². The number of hydrogen-bond acceptors (Lipinski definition) is 5. The second kappa shape index (κ2) is 7.22. The molecule has 0 saturated carbocycles. The van der Waals surface area contributed by atoms with Crippen LogP contribution in [0.4, 0.5) is 4.79 Å². The first-order chi connectivity index (χ1) is 8.25. The summed E-state index contributed by atoms with van der Waals surface area (Å²) in [4.78, 5) is 41.4. The van der Waals surface area contributed by atoms with Gasteiger partial charge in [0.05, 0.1) is 6.42 Å². The molecule has 1 heterocycles. The molecule has 3 amide bonds. The molecule has 9 heteroatoms. The molecule has 1 aliphatic rings. The third-order valence-corrected chi connectivity index (χ3v) is 2.04. The smallest absolute Gasteiger partial charge is 0.414 e. The quantitative estimate of drug-likeness (QED) is 0.483. The highest BCUT2D eigenvalue weighted by Gasteiger charge is 2.25. The minimum atomic E-state index is -1.21. The Bertz CT molecular complexity index is 356. The molecule has 0 spiro atoms. The van der Waals surface area contributed by atoms with Gasteiger partial charge in [-0.25, -0.2) is 9.69 Å². The van der Waals surface area contributed by atoms with E-state index in [1.807, 2.05) is 0 Å². The van der Waals surface area contributed by atoms with Crippen LogP contribution in [0.2, 0.25) is 0 Å². The first kappa shape index (κ1) is 15.8. The number of carbonyl (C=O) groups is 4. The van der Waals surface area contributed by atoms with Crippen molar-refractivity contribution in [3.8, 4) is 0 Å². The van der Waals surface area contributed by atoms with Crippen molar-refractivity contribution in [1.29, 1.82) is 0 Å². The van der Waals surface area contributed by atoms with Crippen LogP contribution in [0.1, 0.15) is 19.3 Å². The third kappa shape index (κ3) is 5.80. The van der Waals surface area contributed by atoms with Crippen LogP contribution in [-0.2, 0) is 14.4 Å². The normalized spacial score (nSPS) is 15.6. The number of carboxylic acids is 1. The Balaban J connectivity index is 0.000000321. The van der Waals surface area contributed by atoms with Gasteiger partial charge in [0.15, 0.2) is 0 Å². The summed E-state index contributed by atoms with van der Waals surface area (Å²) in [7, 11) is 0. The number of amides is 3. The predicted molar refractivity (Wildman–Crippen MR) is 58.4 cm³/mol. The van der Waals surface area contributed by atoms with Gasteiger partial charge in [-0.3, -0.25) is 14.4 Å². The van der Waals surface area contributed by atoms with Crippen LogP contribution in [0, 0.1) is 0 Å². The number of primary amides is 1. The molecule has 1 fully saturated rings. The van der Waals surface area contributed by atoms with Crippen molar-refractivity contribution in [3.63, 3.8) is 0 Å². The van der Waals surface area contributed by atoms with Crippen molar-refractivity contribution in [3.05, 3.63) is 0 Å². The van der Waals surface area contributed by atoms with Crippen molar-refractivity contribution in [2.75, 3.05) is 6.54 Å². The standard InChI is InChI=1S/C5H7NO3.C4H8N2O3/c7-4-2-1-3-6(4)5(8)9;5-2(4(8)9)1-3(6)7/h1-3H2,(H,8,9);2H,1,5H2,(H2,6,7)(H,8,9). The van der Waals surface area contributed by atoms with Crippen LogP contribution < -0.4 is 11.5 Å². The lowest BCUT2D eigenvalue weighted by atomic mass is 10.2. The molecule has 6 N–H and O–H groups in total. The van der Waals surface area contributed by atoms with Gasteiger partial charge >= 0.3 is 12.1 Å². The molecule has 0 aliphatic carbocycles. The molecule has 0 aromatic rings. The molecule has 1 rings (SSSR count). The number of nitrogens with two attached hydrogens (primary N) is 2.